The number of likely N-dealkylation sites (N-methyl/N-ethyl adjacent to an activating group) is 1. The summed E-state index contributed by atoms with van der Waals surface area (Å²) in [6.07, 6.45) is 1.27. The molecule has 172 valence electrons. The molecular weight excluding hydrogens is 436 g/mol. The summed E-state index contributed by atoms with van der Waals surface area (Å²) < 4.78 is 5.73. The fourth-order valence-electron chi connectivity index (χ4n) is 3.59. The third-order valence-electron chi connectivity index (χ3n) is 5.33. The van der Waals surface area contributed by atoms with E-state index >= 15 is 0 Å². The van der Waals surface area contributed by atoms with Crippen molar-refractivity contribution in [3.63, 3.8) is 0 Å². The van der Waals surface area contributed by atoms with Gasteiger partial charge in [0.25, 0.3) is 0 Å². The Bertz CT molecular complexity index is 1010. The van der Waals surface area contributed by atoms with Crippen LogP contribution in [0.25, 0.3) is 0 Å². The van der Waals surface area contributed by atoms with Gasteiger partial charge in [0.05, 0.1) is 6.61 Å². The lowest BCUT2D eigenvalue weighted by Crippen LogP contribution is -2.49. The van der Waals surface area contributed by atoms with Crippen LogP contribution in [0.3, 0.4) is 0 Å². The normalized spacial score (nSPS) is 11.5. The lowest BCUT2D eigenvalue weighted by Gasteiger charge is -2.31. The van der Waals surface area contributed by atoms with E-state index in [1.165, 1.54) is 0 Å². The predicted molar refractivity (Wildman–Crippen MR) is 131 cm³/mol. The lowest BCUT2D eigenvalue weighted by molar-refractivity contribution is -0.141. The number of halogens is 1. The van der Waals surface area contributed by atoms with E-state index in [0.29, 0.717) is 36.8 Å². The Labute approximate surface area is 200 Å². The first kappa shape index (κ1) is 24.3. The van der Waals surface area contributed by atoms with Crippen molar-refractivity contribution in [3.05, 3.63) is 101 Å². The molecule has 1 atom stereocenters. The summed E-state index contributed by atoms with van der Waals surface area (Å²) in [5.41, 5.74) is 1.98. The van der Waals surface area contributed by atoms with Gasteiger partial charge in [0.1, 0.15) is 11.8 Å². The van der Waals surface area contributed by atoms with Crippen molar-refractivity contribution in [2.24, 2.45) is 0 Å². The Morgan fingerprint density at radius 2 is 1.52 bits per heavy atom. The number of carbonyl (C=O) groups excluding carboxylic acids is 2. The zero-order valence-corrected chi connectivity index (χ0v) is 19.5. The first-order valence-corrected chi connectivity index (χ1v) is 11.4. The summed E-state index contributed by atoms with van der Waals surface area (Å²) >= 11 is 5.90. The molecule has 0 radical (unpaired) electrons. The van der Waals surface area contributed by atoms with Crippen molar-refractivity contribution >= 4 is 23.4 Å². The summed E-state index contributed by atoms with van der Waals surface area (Å²) in [5.74, 6) is 0.448. The highest BCUT2D eigenvalue weighted by atomic mass is 35.5. The second-order valence-electron chi connectivity index (χ2n) is 7.73. The van der Waals surface area contributed by atoms with Gasteiger partial charge in [0.2, 0.25) is 11.8 Å². The van der Waals surface area contributed by atoms with E-state index in [-0.39, 0.29) is 18.2 Å². The Kier molecular flexibility index (Phi) is 9.33. The van der Waals surface area contributed by atoms with Gasteiger partial charge in [-0.15, -0.1) is 0 Å². The van der Waals surface area contributed by atoms with Crippen LogP contribution < -0.4 is 10.1 Å². The van der Waals surface area contributed by atoms with Crippen LogP contribution in [0.15, 0.2) is 84.9 Å². The molecular formula is C27H29ClN2O3. The molecule has 0 heterocycles. The van der Waals surface area contributed by atoms with Gasteiger partial charge in [0, 0.05) is 31.5 Å². The number of benzene rings is 3. The maximum atomic E-state index is 13.3. The predicted octanol–water partition coefficient (Wildman–Crippen LogP) is 4.89. The summed E-state index contributed by atoms with van der Waals surface area (Å²) in [5, 5.41) is 3.38. The van der Waals surface area contributed by atoms with Crippen molar-refractivity contribution in [1.82, 2.24) is 10.2 Å². The molecule has 0 saturated heterocycles. The fraction of sp³-hybridized carbons (Fsp3) is 0.259. The average Bonchev–Trinajstić information content (AvgIpc) is 2.85. The monoisotopic (exact) mass is 464 g/mol. The molecule has 0 aliphatic rings. The molecule has 2 amide bonds. The van der Waals surface area contributed by atoms with E-state index in [1.54, 1.807) is 36.2 Å². The van der Waals surface area contributed by atoms with E-state index in [4.69, 9.17) is 16.3 Å². The molecule has 0 bridgehead atoms. The van der Waals surface area contributed by atoms with E-state index in [1.807, 2.05) is 60.7 Å². The Hall–Kier alpha value is -3.31. The third-order valence-corrected chi connectivity index (χ3v) is 5.58. The maximum absolute atomic E-state index is 13.3. The quantitative estimate of drug-likeness (QED) is 0.411. The van der Waals surface area contributed by atoms with Gasteiger partial charge < -0.3 is 15.0 Å². The topological polar surface area (TPSA) is 58.6 Å². The molecule has 0 aromatic heterocycles. The second kappa shape index (κ2) is 12.7. The molecule has 5 nitrogen and oxygen atoms in total. The number of carbonyl (C=O) groups is 2. The summed E-state index contributed by atoms with van der Waals surface area (Å²) in [7, 11) is 1.60. The largest absolute Gasteiger partial charge is 0.494 e. The van der Waals surface area contributed by atoms with E-state index in [0.717, 1.165) is 11.1 Å². The first-order chi connectivity index (χ1) is 16.1. The second-order valence-corrected chi connectivity index (χ2v) is 8.17. The molecule has 6 heteroatoms. The van der Waals surface area contributed by atoms with E-state index in [2.05, 4.69) is 5.32 Å². The van der Waals surface area contributed by atoms with Crippen LogP contribution in [-0.4, -0.2) is 36.4 Å². The fourth-order valence-corrected chi connectivity index (χ4v) is 3.71. The molecule has 0 aliphatic carbocycles. The van der Waals surface area contributed by atoms with Crippen LogP contribution in [0.4, 0.5) is 0 Å². The van der Waals surface area contributed by atoms with Gasteiger partial charge in [-0.2, -0.15) is 0 Å². The molecule has 0 unspecified atom stereocenters. The third kappa shape index (κ3) is 7.65. The molecule has 0 fully saturated rings. The van der Waals surface area contributed by atoms with Crippen molar-refractivity contribution in [3.8, 4) is 5.75 Å². The van der Waals surface area contributed by atoms with E-state index < -0.39 is 6.04 Å². The van der Waals surface area contributed by atoms with E-state index in [9.17, 15) is 9.59 Å². The molecule has 3 aromatic carbocycles. The summed E-state index contributed by atoms with van der Waals surface area (Å²) in [4.78, 5) is 27.9. The minimum Gasteiger partial charge on any atom is -0.494 e. The van der Waals surface area contributed by atoms with Crippen LogP contribution >= 0.6 is 11.6 Å². The van der Waals surface area contributed by atoms with Crippen LogP contribution in [-0.2, 0) is 22.6 Å². The summed E-state index contributed by atoms with van der Waals surface area (Å²) in [6, 6.07) is 26.0. The van der Waals surface area contributed by atoms with Gasteiger partial charge in [-0.3, -0.25) is 9.59 Å². The standard InChI is InChI=1S/C27H29ClN2O3/c1-29-27(32)25(19-21-9-4-2-5-10-21)30(20-22-11-6-3-7-12-22)26(31)13-8-18-33-24-16-14-23(28)15-17-24/h2-7,9-12,14-17,25H,8,13,18-20H2,1H3,(H,29,32)/t25-/m0/s1. The minimum atomic E-state index is -0.609. The first-order valence-electron chi connectivity index (χ1n) is 11.0. The summed E-state index contributed by atoms with van der Waals surface area (Å²) in [6.45, 7) is 0.762. The molecule has 0 spiro atoms. The van der Waals surface area contributed by atoms with Gasteiger partial charge in [-0.1, -0.05) is 72.3 Å². The Morgan fingerprint density at radius 1 is 0.909 bits per heavy atom. The van der Waals surface area contributed by atoms with Crippen molar-refractivity contribution < 1.29 is 14.3 Å². The zero-order chi connectivity index (χ0) is 23.5. The van der Waals surface area contributed by atoms with Gasteiger partial charge in [0.15, 0.2) is 0 Å². The molecule has 0 aliphatic heterocycles. The lowest BCUT2D eigenvalue weighted by atomic mass is 10.0. The number of amides is 2. The number of ether oxygens (including phenoxy) is 1. The molecule has 1 N–H and O–H groups in total. The zero-order valence-electron chi connectivity index (χ0n) is 18.7. The molecule has 33 heavy (non-hydrogen) atoms. The van der Waals surface area contributed by atoms with Crippen molar-refractivity contribution in [2.45, 2.75) is 31.8 Å². The molecule has 3 aromatic rings. The number of rotatable bonds is 11. The average molecular weight is 465 g/mol. The number of nitrogens with zero attached hydrogens (tertiary/aromatic N) is 1. The van der Waals surface area contributed by atoms with Gasteiger partial charge in [-0.05, 0) is 41.8 Å². The Balaban J connectivity index is 1.71. The Morgan fingerprint density at radius 3 is 2.12 bits per heavy atom. The van der Waals surface area contributed by atoms with Crippen molar-refractivity contribution in [1.29, 1.82) is 0 Å². The molecule has 0 saturated carbocycles. The van der Waals surface area contributed by atoms with Crippen LogP contribution in [0.1, 0.15) is 24.0 Å². The SMILES string of the molecule is CNC(=O)[C@H](Cc1ccccc1)N(Cc1ccccc1)C(=O)CCCOc1ccc(Cl)cc1. The number of nitrogens with one attached hydrogen (secondary N) is 1. The highest BCUT2D eigenvalue weighted by molar-refractivity contribution is 6.30. The van der Waals surface area contributed by atoms with Crippen LogP contribution in [0.2, 0.25) is 5.02 Å². The number of hydrogen-bond acceptors (Lipinski definition) is 3. The van der Waals surface area contributed by atoms with Gasteiger partial charge in [-0.25, -0.2) is 0 Å². The smallest absolute Gasteiger partial charge is 0.242 e. The van der Waals surface area contributed by atoms with Crippen LogP contribution in [0.5, 0.6) is 5.75 Å². The molecule has 3 rings (SSSR count). The van der Waals surface area contributed by atoms with Crippen LogP contribution in [0, 0.1) is 0 Å². The van der Waals surface area contributed by atoms with Crippen molar-refractivity contribution in [2.75, 3.05) is 13.7 Å². The number of hydrogen-bond donors (Lipinski definition) is 1. The highest BCUT2D eigenvalue weighted by Gasteiger charge is 2.29. The van der Waals surface area contributed by atoms with Gasteiger partial charge >= 0.3 is 0 Å². The maximum Gasteiger partial charge on any atom is 0.242 e. The highest BCUT2D eigenvalue weighted by Crippen LogP contribution is 2.18. The minimum absolute atomic E-state index is 0.0805.